The third kappa shape index (κ3) is 3.77. The predicted molar refractivity (Wildman–Crippen MR) is 98.2 cm³/mol. The molecule has 0 atom stereocenters. The van der Waals surface area contributed by atoms with E-state index in [0.29, 0.717) is 37.8 Å². The van der Waals surface area contributed by atoms with Gasteiger partial charge in [0.2, 0.25) is 15.9 Å². The molecule has 2 aromatic rings. The molecule has 0 radical (unpaired) electrons. The number of rotatable bonds is 4. The van der Waals surface area contributed by atoms with Crippen LogP contribution in [0.1, 0.15) is 11.1 Å². The van der Waals surface area contributed by atoms with Gasteiger partial charge >= 0.3 is 0 Å². The Morgan fingerprint density at radius 1 is 1.04 bits per heavy atom. The van der Waals surface area contributed by atoms with Crippen molar-refractivity contribution in [3.63, 3.8) is 0 Å². The number of nitrogens with zero attached hydrogens (tertiary/aromatic N) is 1. The predicted octanol–water partition coefficient (Wildman–Crippen LogP) is 1.32. The minimum absolute atomic E-state index is 0.0449. The van der Waals surface area contributed by atoms with Crippen LogP contribution >= 0.6 is 0 Å². The van der Waals surface area contributed by atoms with Crippen molar-refractivity contribution in [3.05, 3.63) is 53.6 Å². The molecule has 27 heavy (non-hydrogen) atoms. The van der Waals surface area contributed by atoms with Crippen molar-refractivity contribution in [2.24, 2.45) is 0 Å². The van der Waals surface area contributed by atoms with Crippen LogP contribution in [0.3, 0.4) is 0 Å². The summed E-state index contributed by atoms with van der Waals surface area (Å²) in [6.07, 6.45) is 0.775. The Morgan fingerprint density at radius 2 is 1.78 bits per heavy atom. The van der Waals surface area contributed by atoms with E-state index in [4.69, 9.17) is 9.47 Å². The fourth-order valence-electron chi connectivity index (χ4n) is 3.25. The van der Waals surface area contributed by atoms with Crippen LogP contribution in [0.15, 0.2) is 47.4 Å². The van der Waals surface area contributed by atoms with Crippen molar-refractivity contribution >= 4 is 15.9 Å². The number of amides is 1. The fourth-order valence-corrected chi connectivity index (χ4v) is 4.24. The second-order valence-corrected chi connectivity index (χ2v) is 8.23. The number of carbonyl (C=O) groups excluding carboxylic acids is 1. The minimum Gasteiger partial charge on any atom is -0.486 e. The molecule has 0 saturated heterocycles. The molecule has 1 amide bonds. The molecular formula is C19H20N2O5S. The number of fused-ring (bicyclic) bond motifs is 2. The largest absolute Gasteiger partial charge is 0.486 e. The molecule has 0 unspecified atom stereocenters. The van der Waals surface area contributed by atoms with Gasteiger partial charge in [0.05, 0.1) is 11.4 Å². The standard InChI is InChI=1S/C19H20N2O5S/c22-19(21-8-7-14-3-1-2-4-15(14)13-21)12-20-27(23,24)16-5-6-17-18(11-16)26-10-9-25-17/h1-6,11,20H,7-10,12-13H2. The molecule has 0 aromatic heterocycles. The van der Waals surface area contributed by atoms with Crippen LogP contribution in [-0.2, 0) is 27.8 Å². The van der Waals surface area contributed by atoms with E-state index in [0.717, 1.165) is 12.0 Å². The lowest BCUT2D eigenvalue weighted by molar-refractivity contribution is -0.130. The van der Waals surface area contributed by atoms with Crippen LogP contribution in [0.4, 0.5) is 0 Å². The molecule has 0 saturated carbocycles. The lowest BCUT2D eigenvalue weighted by atomic mass is 10.00. The van der Waals surface area contributed by atoms with Gasteiger partial charge < -0.3 is 14.4 Å². The van der Waals surface area contributed by atoms with Gasteiger partial charge in [-0.3, -0.25) is 4.79 Å². The third-order valence-electron chi connectivity index (χ3n) is 4.72. The summed E-state index contributed by atoms with van der Waals surface area (Å²) in [5.41, 5.74) is 2.34. The van der Waals surface area contributed by atoms with Gasteiger partial charge in [-0.1, -0.05) is 24.3 Å². The second kappa shape index (κ2) is 7.21. The van der Waals surface area contributed by atoms with Gasteiger partial charge in [-0.25, -0.2) is 13.1 Å². The first-order chi connectivity index (χ1) is 13.0. The average molecular weight is 388 g/mol. The average Bonchev–Trinajstić information content (AvgIpc) is 2.71. The molecule has 8 heteroatoms. The van der Waals surface area contributed by atoms with E-state index in [2.05, 4.69) is 10.8 Å². The van der Waals surface area contributed by atoms with Gasteiger partial charge in [0, 0.05) is 19.2 Å². The summed E-state index contributed by atoms with van der Waals surface area (Å²) in [6.45, 7) is 1.62. The summed E-state index contributed by atoms with van der Waals surface area (Å²) in [6, 6.07) is 12.4. The van der Waals surface area contributed by atoms with Crippen molar-refractivity contribution in [3.8, 4) is 11.5 Å². The number of benzene rings is 2. The molecule has 7 nitrogen and oxygen atoms in total. The molecule has 142 valence electrons. The summed E-state index contributed by atoms with van der Waals surface area (Å²) < 4.78 is 38.3. The molecule has 0 bridgehead atoms. The molecule has 2 aromatic carbocycles. The first-order valence-electron chi connectivity index (χ1n) is 8.77. The van der Waals surface area contributed by atoms with E-state index in [9.17, 15) is 13.2 Å². The fraction of sp³-hybridized carbons (Fsp3) is 0.316. The SMILES string of the molecule is O=C(CNS(=O)(=O)c1ccc2c(c1)OCCO2)N1CCc2ccccc2C1. The maximum Gasteiger partial charge on any atom is 0.241 e. The number of hydrogen-bond donors (Lipinski definition) is 1. The van der Waals surface area contributed by atoms with E-state index in [1.54, 1.807) is 11.0 Å². The first-order valence-corrected chi connectivity index (χ1v) is 10.3. The smallest absolute Gasteiger partial charge is 0.241 e. The molecule has 0 spiro atoms. The van der Waals surface area contributed by atoms with Crippen LogP contribution in [-0.4, -0.2) is 45.5 Å². The van der Waals surface area contributed by atoms with Crippen LogP contribution in [0.25, 0.3) is 0 Å². The highest BCUT2D eigenvalue weighted by molar-refractivity contribution is 7.89. The zero-order valence-electron chi connectivity index (χ0n) is 14.7. The second-order valence-electron chi connectivity index (χ2n) is 6.46. The Labute approximate surface area is 157 Å². The highest BCUT2D eigenvalue weighted by Gasteiger charge is 2.24. The van der Waals surface area contributed by atoms with Gasteiger partial charge in [0.1, 0.15) is 13.2 Å². The summed E-state index contributed by atoms with van der Waals surface area (Å²) >= 11 is 0. The molecular weight excluding hydrogens is 368 g/mol. The van der Waals surface area contributed by atoms with Crippen molar-refractivity contribution in [2.75, 3.05) is 26.3 Å². The lowest BCUT2D eigenvalue weighted by Crippen LogP contribution is -2.42. The zero-order valence-corrected chi connectivity index (χ0v) is 15.5. The monoisotopic (exact) mass is 388 g/mol. The Morgan fingerprint density at radius 3 is 2.59 bits per heavy atom. The van der Waals surface area contributed by atoms with Crippen LogP contribution < -0.4 is 14.2 Å². The Hall–Kier alpha value is -2.58. The van der Waals surface area contributed by atoms with Gasteiger partial charge in [-0.15, -0.1) is 0 Å². The maximum atomic E-state index is 12.5. The van der Waals surface area contributed by atoms with Crippen LogP contribution in [0.5, 0.6) is 11.5 Å². The number of carbonyl (C=O) groups is 1. The topological polar surface area (TPSA) is 84.9 Å². The highest BCUT2D eigenvalue weighted by atomic mass is 32.2. The van der Waals surface area contributed by atoms with E-state index in [1.807, 2.05) is 18.2 Å². The summed E-state index contributed by atoms with van der Waals surface area (Å²) in [5, 5.41) is 0. The number of nitrogens with one attached hydrogen (secondary N) is 1. The van der Waals surface area contributed by atoms with Gasteiger partial charge in [-0.2, -0.15) is 0 Å². The normalized spacial score (nSPS) is 15.9. The minimum atomic E-state index is -3.82. The Kier molecular flexibility index (Phi) is 4.75. The molecule has 4 rings (SSSR count). The van der Waals surface area contributed by atoms with Crippen molar-refractivity contribution < 1.29 is 22.7 Å². The third-order valence-corrected chi connectivity index (χ3v) is 6.12. The first kappa shape index (κ1) is 17.8. The molecule has 2 heterocycles. The van der Waals surface area contributed by atoms with Crippen LogP contribution in [0.2, 0.25) is 0 Å². The lowest BCUT2D eigenvalue weighted by Gasteiger charge is -2.29. The number of hydrogen-bond acceptors (Lipinski definition) is 5. The van der Waals surface area contributed by atoms with E-state index in [-0.39, 0.29) is 17.3 Å². The quantitative estimate of drug-likeness (QED) is 0.854. The molecule has 0 aliphatic carbocycles. The van der Waals surface area contributed by atoms with E-state index < -0.39 is 10.0 Å². The Bertz CT molecular complexity index is 974. The zero-order chi connectivity index (χ0) is 18.9. The summed E-state index contributed by atoms with van der Waals surface area (Å²) in [7, 11) is -3.82. The van der Waals surface area contributed by atoms with Gasteiger partial charge in [0.15, 0.2) is 11.5 Å². The van der Waals surface area contributed by atoms with Crippen molar-refractivity contribution in [2.45, 2.75) is 17.9 Å². The molecule has 0 fully saturated rings. The molecule has 2 aliphatic rings. The molecule has 2 aliphatic heterocycles. The van der Waals surface area contributed by atoms with E-state index >= 15 is 0 Å². The summed E-state index contributed by atoms with van der Waals surface area (Å²) in [4.78, 5) is 14.2. The number of ether oxygens (including phenoxy) is 2. The van der Waals surface area contributed by atoms with Gasteiger partial charge in [0.25, 0.3) is 0 Å². The Balaban J connectivity index is 1.41. The van der Waals surface area contributed by atoms with E-state index in [1.165, 1.54) is 17.7 Å². The van der Waals surface area contributed by atoms with Crippen molar-refractivity contribution in [1.29, 1.82) is 0 Å². The van der Waals surface area contributed by atoms with Crippen LogP contribution in [0, 0.1) is 0 Å². The number of sulfonamides is 1. The molecule has 1 N–H and O–H groups in total. The maximum absolute atomic E-state index is 12.5. The van der Waals surface area contributed by atoms with Gasteiger partial charge in [-0.05, 0) is 29.7 Å². The van der Waals surface area contributed by atoms with Crippen molar-refractivity contribution in [1.82, 2.24) is 9.62 Å². The highest BCUT2D eigenvalue weighted by Crippen LogP contribution is 2.32. The summed E-state index contributed by atoms with van der Waals surface area (Å²) in [5.74, 6) is 0.664.